The second-order valence-corrected chi connectivity index (χ2v) is 6.04. The smallest absolute Gasteiger partial charge is 0.325 e. The van der Waals surface area contributed by atoms with E-state index in [-0.39, 0.29) is 18.9 Å². The van der Waals surface area contributed by atoms with Gasteiger partial charge in [-0.2, -0.15) is 0 Å². The molecule has 0 aromatic heterocycles. The molecule has 0 fully saturated rings. The monoisotopic (exact) mass is 374 g/mol. The first kappa shape index (κ1) is 19.5. The Morgan fingerprint density at radius 2 is 1.77 bits per heavy atom. The van der Waals surface area contributed by atoms with Gasteiger partial charge in [-0.05, 0) is 30.2 Å². The Hall–Kier alpha value is -2.86. The minimum atomic E-state index is -0.690. The van der Waals surface area contributed by atoms with Crippen LogP contribution in [0.15, 0.2) is 48.5 Å². The van der Waals surface area contributed by atoms with Crippen molar-refractivity contribution in [1.29, 1.82) is 0 Å². The number of rotatable bonds is 7. The first-order valence-electron chi connectivity index (χ1n) is 7.96. The van der Waals surface area contributed by atoms with E-state index in [2.05, 4.69) is 10.6 Å². The van der Waals surface area contributed by atoms with Crippen molar-refractivity contribution in [3.8, 4) is 0 Å². The maximum atomic E-state index is 11.8. The van der Waals surface area contributed by atoms with Gasteiger partial charge in [0.25, 0.3) is 5.91 Å². The van der Waals surface area contributed by atoms with E-state index < -0.39 is 18.5 Å². The first-order valence-corrected chi connectivity index (χ1v) is 8.34. The molecule has 2 rings (SSSR count). The zero-order chi connectivity index (χ0) is 18.9. The molecule has 0 unspecified atom stereocenters. The third kappa shape index (κ3) is 6.57. The molecule has 2 aromatic rings. The Labute approximate surface area is 156 Å². The number of carbonyl (C=O) groups excluding carboxylic acids is 3. The van der Waals surface area contributed by atoms with Gasteiger partial charge in [0.05, 0.1) is 6.42 Å². The summed E-state index contributed by atoms with van der Waals surface area (Å²) in [7, 11) is 0. The summed E-state index contributed by atoms with van der Waals surface area (Å²) in [5.74, 6) is -1.48. The van der Waals surface area contributed by atoms with Gasteiger partial charge >= 0.3 is 5.97 Å². The molecule has 136 valence electrons. The number of aryl methyl sites for hydroxylation is 1. The molecule has 0 saturated heterocycles. The van der Waals surface area contributed by atoms with Crippen LogP contribution in [-0.2, 0) is 25.5 Å². The zero-order valence-corrected chi connectivity index (χ0v) is 15.0. The molecule has 2 amide bonds. The molecule has 0 spiro atoms. The van der Waals surface area contributed by atoms with Crippen molar-refractivity contribution in [3.05, 3.63) is 64.7 Å². The molecule has 7 heteroatoms. The lowest BCUT2D eigenvalue weighted by Crippen LogP contribution is -2.33. The van der Waals surface area contributed by atoms with Gasteiger partial charge in [-0.3, -0.25) is 14.4 Å². The topological polar surface area (TPSA) is 84.5 Å². The van der Waals surface area contributed by atoms with Crippen molar-refractivity contribution in [2.45, 2.75) is 13.3 Å². The number of carbonyl (C=O) groups is 3. The largest absolute Gasteiger partial charge is 0.454 e. The van der Waals surface area contributed by atoms with Crippen molar-refractivity contribution >= 4 is 35.1 Å². The van der Waals surface area contributed by atoms with E-state index in [1.807, 2.05) is 37.3 Å². The Bertz CT molecular complexity index is 793. The quantitative estimate of drug-likeness (QED) is 0.729. The molecule has 0 saturated carbocycles. The molecular formula is C19H19ClN2O4. The van der Waals surface area contributed by atoms with Crippen LogP contribution in [0.1, 0.15) is 11.1 Å². The second-order valence-electron chi connectivity index (χ2n) is 5.61. The molecule has 6 nitrogen and oxygen atoms in total. The van der Waals surface area contributed by atoms with E-state index >= 15 is 0 Å². The molecule has 26 heavy (non-hydrogen) atoms. The van der Waals surface area contributed by atoms with E-state index in [1.165, 1.54) is 0 Å². The summed E-state index contributed by atoms with van der Waals surface area (Å²) in [5.41, 5.74) is 2.23. The summed E-state index contributed by atoms with van der Waals surface area (Å²) in [5, 5.41) is 5.56. The minimum Gasteiger partial charge on any atom is -0.454 e. The number of ether oxygens (including phenoxy) is 1. The number of hydrogen-bond donors (Lipinski definition) is 2. The van der Waals surface area contributed by atoms with Crippen molar-refractivity contribution in [3.63, 3.8) is 0 Å². The molecule has 2 aromatic carbocycles. The molecule has 0 radical (unpaired) electrons. The van der Waals surface area contributed by atoms with E-state index in [9.17, 15) is 14.4 Å². The van der Waals surface area contributed by atoms with Gasteiger partial charge in [-0.1, -0.05) is 48.0 Å². The lowest BCUT2D eigenvalue weighted by molar-refractivity contribution is -0.147. The molecule has 0 aliphatic rings. The molecule has 0 bridgehead atoms. The van der Waals surface area contributed by atoms with Crippen LogP contribution >= 0.6 is 11.6 Å². The Kier molecular flexibility index (Phi) is 7.17. The van der Waals surface area contributed by atoms with Gasteiger partial charge in [0.2, 0.25) is 5.91 Å². The molecule has 0 aliphatic carbocycles. The molecule has 0 aliphatic heterocycles. The van der Waals surface area contributed by atoms with Crippen LogP contribution in [0.5, 0.6) is 0 Å². The van der Waals surface area contributed by atoms with Crippen molar-refractivity contribution in [2.75, 3.05) is 18.5 Å². The zero-order valence-electron chi connectivity index (χ0n) is 14.3. The van der Waals surface area contributed by atoms with Crippen LogP contribution in [-0.4, -0.2) is 30.9 Å². The van der Waals surface area contributed by atoms with Gasteiger partial charge < -0.3 is 15.4 Å². The number of nitrogens with one attached hydrogen (secondary N) is 2. The van der Waals surface area contributed by atoms with Crippen LogP contribution < -0.4 is 10.6 Å². The van der Waals surface area contributed by atoms with Gasteiger partial charge in [0.15, 0.2) is 6.61 Å². The van der Waals surface area contributed by atoms with Crippen molar-refractivity contribution in [2.24, 2.45) is 0 Å². The molecule has 2 N–H and O–H groups in total. The van der Waals surface area contributed by atoms with Crippen LogP contribution in [0.25, 0.3) is 0 Å². The fourth-order valence-electron chi connectivity index (χ4n) is 2.13. The van der Waals surface area contributed by atoms with Gasteiger partial charge in [-0.25, -0.2) is 0 Å². The Balaban J connectivity index is 1.70. The summed E-state index contributed by atoms with van der Waals surface area (Å²) >= 11 is 5.88. The Morgan fingerprint density at radius 3 is 2.50 bits per heavy atom. The van der Waals surface area contributed by atoms with E-state index in [0.717, 1.165) is 11.1 Å². The van der Waals surface area contributed by atoms with E-state index in [0.29, 0.717) is 10.7 Å². The number of anilines is 1. The fourth-order valence-corrected chi connectivity index (χ4v) is 2.30. The maximum Gasteiger partial charge on any atom is 0.325 e. The normalized spacial score (nSPS) is 10.1. The predicted octanol–water partition coefficient (Wildman–Crippen LogP) is 2.49. The summed E-state index contributed by atoms with van der Waals surface area (Å²) in [6, 6.07) is 14.3. The highest BCUT2D eigenvalue weighted by Gasteiger charge is 2.11. The second kappa shape index (κ2) is 9.58. The summed E-state index contributed by atoms with van der Waals surface area (Å²) in [4.78, 5) is 35.2. The van der Waals surface area contributed by atoms with Gasteiger partial charge in [0, 0.05) is 10.7 Å². The average molecular weight is 375 g/mol. The lowest BCUT2D eigenvalue weighted by atomic mass is 10.1. The summed E-state index contributed by atoms with van der Waals surface area (Å²) in [6.45, 7) is 1.08. The fraction of sp³-hybridized carbons (Fsp3) is 0.211. The van der Waals surface area contributed by atoms with Gasteiger partial charge in [0.1, 0.15) is 6.54 Å². The van der Waals surface area contributed by atoms with Gasteiger partial charge in [-0.15, -0.1) is 0 Å². The summed E-state index contributed by atoms with van der Waals surface area (Å²) < 4.78 is 4.85. The standard InChI is InChI=1S/C19H19ClN2O4/c1-13-7-8-15(20)10-16(13)22-18(24)12-26-19(25)11-21-17(23)9-14-5-3-2-4-6-14/h2-8,10H,9,11-12H2,1H3,(H,21,23)(H,22,24). The van der Waals surface area contributed by atoms with Crippen LogP contribution in [0.2, 0.25) is 5.02 Å². The van der Waals surface area contributed by atoms with Crippen LogP contribution in [0.4, 0.5) is 5.69 Å². The van der Waals surface area contributed by atoms with Crippen LogP contribution in [0.3, 0.4) is 0 Å². The Morgan fingerprint density at radius 1 is 1.04 bits per heavy atom. The van der Waals surface area contributed by atoms with E-state index in [4.69, 9.17) is 16.3 Å². The highest BCUT2D eigenvalue weighted by Crippen LogP contribution is 2.19. The molecule has 0 heterocycles. The number of halogens is 1. The number of benzene rings is 2. The van der Waals surface area contributed by atoms with E-state index in [1.54, 1.807) is 18.2 Å². The average Bonchev–Trinajstić information content (AvgIpc) is 2.62. The molecule has 0 atom stereocenters. The first-order chi connectivity index (χ1) is 12.4. The number of amides is 2. The van der Waals surface area contributed by atoms with Crippen molar-refractivity contribution in [1.82, 2.24) is 5.32 Å². The minimum absolute atomic E-state index is 0.169. The number of esters is 1. The maximum absolute atomic E-state index is 11.8. The highest BCUT2D eigenvalue weighted by atomic mass is 35.5. The highest BCUT2D eigenvalue weighted by molar-refractivity contribution is 6.31. The van der Waals surface area contributed by atoms with Crippen molar-refractivity contribution < 1.29 is 19.1 Å². The summed E-state index contributed by atoms with van der Waals surface area (Å²) in [6.07, 6.45) is 0.169. The third-order valence-electron chi connectivity index (χ3n) is 3.48. The predicted molar refractivity (Wildman–Crippen MR) is 98.9 cm³/mol. The number of hydrogen-bond acceptors (Lipinski definition) is 4. The SMILES string of the molecule is Cc1ccc(Cl)cc1NC(=O)COC(=O)CNC(=O)Cc1ccccc1. The lowest BCUT2D eigenvalue weighted by Gasteiger charge is -2.10. The third-order valence-corrected chi connectivity index (χ3v) is 3.71. The van der Waals surface area contributed by atoms with Crippen LogP contribution in [0, 0.1) is 6.92 Å². The molecular weight excluding hydrogens is 356 g/mol.